The molecule has 0 unspecified atom stereocenters. The summed E-state index contributed by atoms with van der Waals surface area (Å²) in [5, 5.41) is 3.21. The van der Waals surface area contributed by atoms with Gasteiger partial charge in [0.2, 0.25) is 0 Å². The first-order chi connectivity index (χ1) is 11.6. The van der Waals surface area contributed by atoms with Gasteiger partial charge < -0.3 is 5.32 Å². The van der Waals surface area contributed by atoms with E-state index in [1.54, 1.807) is 0 Å². The van der Waals surface area contributed by atoms with E-state index in [0.29, 0.717) is 0 Å². The Hall–Kier alpha value is -2.09. The number of carbonyl (C=O) groups is 1. The Kier molecular flexibility index (Phi) is 5.03. The van der Waals surface area contributed by atoms with E-state index < -0.39 is 0 Å². The average Bonchev–Trinajstić information content (AvgIpc) is 2.61. The van der Waals surface area contributed by atoms with Gasteiger partial charge in [0, 0.05) is 5.56 Å². The molecule has 2 aromatic rings. The molecule has 0 fully saturated rings. The molecule has 3 rings (SSSR count). The number of amides is 1. The molecular formula is C22H27NO. The van der Waals surface area contributed by atoms with E-state index in [0.717, 1.165) is 24.8 Å². The molecule has 0 aromatic heterocycles. The molecule has 1 amide bonds. The van der Waals surface area contributed by atoms with Crippen molar-refractivity contribution in [3.05, 3.63) is 69.8 Å². The quantitative estimate of drug-likeness (QED) is 0.837. The summed E-state index contributed by atoms with van der Waals surface area (Å²) in [6, 6.07) is 12.7. The Balaban J connectivity index is 1.78. The lowest BCUT2D eigenvalue weighted by Crippen LogP contribution is -2.28. The number of nitrogens with one attached hydrogen (secondary N) is 1. The number of rotatable bonds is 4. The van der Waals surface area contributed by atoms with Crippen molar-refractivity contribution in [2.24, 2.45) is 0 Å². The highest BCUT2D eigenvalue weighted by Crippen LogP contribution is 2.24. The van der Waals surface area contributed by atoms with Crippen LogP contribution in [0.4, 0.5) is 0 Å². The van der Waals surface area contributed by atoms with Gasteiger partial charge in [-0.05, 0) is 85.9 Å². The minimum Gasteiger partial charge on any atom is -0.345 e. The van der Waals surface area contributed by atoms with Crippen molar-refractivity contribution in [3.63, 3.8) is 0 Å². The third-order valence-corrected chi connectivity index (χ3v) is 5.26. The summed E-state index contributed by atoms with van der Waals surface area (Å²) < 4.78 is 0. The average molecular weight is 321 g/mol. The molecule has 2 aromatic carbocycles. The largest absolute Gasteiger partial charge is 0.345 e. The summed E-state index contributed by atoms with van der Waals surface area (Å²) in [6.07, 6.45) is 5.64. The molecule has 0 aliphatic heterocycles. The number of fused-ring (bicyclic) bond motifs is 1. The van der Waals surface area contributed by atoms with Gasteiger partial charge >= 0.3 is 0 Å². The fourth-order valence-electron chi connectivity index (χ4n) is 3.52. The zero-order chi connectivity index (χ0) is 17.1. The van der Waals surface area contributed by atoms with Gasteiger partial charge in [-0.1, -0.05) is 31.2 Å². The smallest absolute Gasteiger partial charge is 0.251 e. The van der Waals surface area contributed by atoms with Crippen LogP contribution in [0.25, 0.3) is 0 Å². The number of hydrogen-bond donors (Lipinski definition) is 1. The number of hydrogen-bond acceptors (Lipinski definition) is 1. The Morgan fingerprint density at radius 1 is 1.00 bits per heavy atom. The summed E-state index contributed by atoms with van der Waals surface area (Å²) in [5.74, 6) is 0.0356. The summed E-state index contributed by atoms with van der Waals surface area (Å²) in [6.45, 7) is 6.36. The maximum absolute atomic E-state index is 12.7. The molecule has 2 heteroatoms. The van der Waals surface area contributed by atoms with E-state index in [-0.39, 0.29) is 11.9 Å². The highest BCUT2D eigenvalue weighted by molar-refractivity contribution is 5.94. The van der Waals surface area contributed by atoms with Crippen LogP contribution in [-0.2, 0) is 12.8 Å². The molecule has 0 saturated heterocycles. The third-order valence-electron chi connectivity index (χ3n) is 5.26. The molecule has 0 heterocycles. The topological polar surface area (TPSA) is 29.1 Å². The Bertz CT molecular complexity index is 748. The molecule has 0 spiro atoms. The summed E-state index contributed by atoms with van der Waals surface area (Å²) in [7, 11) is 0. The first-order valence-electron chi connectivity index (χ1n) is 9.08. The van der Waals surface area contributed by atoms with Crippen LogP contribution in [0.5, 0.6) is 0 Å². The lowest BCUT2D eigenvalue weighted by Gasteiger charge is -2.20. The molecule has 1 aliphatic rings. The molecule has 1 atom stereocenters. The van der Waals surface area contributed by atoms with Crippen LogP contribution < -0.4 is 5.32 Å². The number of benzene rings is 2. The lowest BCUT2D eigenvalue weighted by atomic mass is 9.90. The van der Waals surface area contributed by atoms with Gasteiger partial charge in [0.05, 0.1) is 6.04 Å². The molecule has 2 nitrogen and oxygen atoms in total. The zero-order valence-corrected chi connectivity index (χ0v) is 15.0. The Morgan fingerprint density at radius 2 is 1.75 bits per heavy atom. The molecule has 126 valence electrons. The van der Waals surface area contributed by atoms with Gasteiger partial charge in [-0.25, -0.2) is 0 Å². The Morgan fingerprint density at radius 3 is 2.46 bits per heavy atom. The maximum Gasteiger partial charge on any atom is 0.251 e. The van der Waals surface area contributed by atoms with Crippen molar-refractivity contribution in [3.8, 4) is 0 Å². The maximum atomic E-state index is 12.7. The van der Waals surface area contributed by atoms with Crippen LogP contribution in [-0.4, -0.2) is 5.91 Å². The van der Waals surface area contributed by atoms with Crippen molar-refractivity contribution in [1.82, 2.24) is 5.32 Å². The van der Waals surface area contributed by atoms with Crippen molar-refractivity contribution < 1.29 is 4.79 Å². The highest BCUT2D eigenvalue weighted by atomic mass is 16.1. The molecule has 0 bridgehead atoms. The fraction of sp³-hybridized carbons (Fsp3) is 0.409. The van der Waals surface area contributed by atoms with Crippen LogP contribution in [0.3, 0.4) is 0 Å². The van der Waals surface area contributed by atoms with E-state index in [9.17, 15) is 4.79 Å². The van der Waals surface area contributed by atoms with Crippen LogP contribution in [0.15, 0.2) is 36.4 Å². The highest BCUT2D eigenvalue weighted by Gasteiger charge is 2.17. The molecule has 0 saturated carbocycles. The van der Waals surface area contributed by atoms with Gasteiger partial charge in [0.15, 0.2) is 0 Å². The summed E-state index contributed by atoms with van der Waals surface area (Å²) >= 11 is 0. The second kappa shape index (κ2) is 7.21. The van der Waals surface area contributed by atoms with E-state index in [1.165, 1.54) is 40.7 Å². The Labute approximate surface area is 145 Å². The van der Waals surface area contributed by atoms with E-state index in [4.69, 9.17) is 0 Å². The number of aryl methyl sites for hydroxylation is 4. The minimum atomic E-state index is 0.0356. The van der Waals surface area contributed by atoms with Crippen LogP contribution in [0.1, 0.15) is 70.4 Å². The van der Waals surface area contributed by atoms with E-state index >= 15 is 0 Å². The molecule has 1 N–H and O–H groups in total. The lowest BCUT2D eigenvalue weighted by molar-refractivity contribution is 0.0935. The molecule has 24 heavy (non-hydrogen) atoms. The predicted octanol–water partition coefficient (Wildman–Crippen LogP) is 5.06. The van der Waals surface area contributed by atoms with Crippen molar-refractivity contribution in [2.75, 3.05) is 0 Å². The SMILES string of the molecule is CC[C@@H](NC(=O)c1ccc2c(c1)CCCC2)c1ccc(C)c(C)c1. The predicted molar refractivity (Wildman–Crippen MR) is 99.5 cm³/mol. The van der Waals surface area contributed by atoms with Gasteiger partial charge in [-0.3, -0.25) is 4.79 Å². The van der Waals surface area contributed by atoms with Crippen LogP contribution in [0.2, 0.25) is 0 Å². The van der Waals surface area contributed by atoms with Crippen LogP contribution in [0, 0.1) is 13.8 Å². The minimum absolute atomic E-state index is 0.0356. The normalized spacial score (nSPS) is 14.8. The van der Waals surface area contributed by atoms with Crippen molar-refractivity contribution >= 4 is 5.91 Å². The van der Waals surface area contributed by atoms with E-state index in [2.05, 4.69) is 56.4 Å². The van der Waals surface area contributed by atoms with Gasteiger partial charge in [-0.15, -0.1) is 0 Å². The number of carbonyl (C=O) groups excluding carboxylic acids is 1. The van der Waals surface area contributed by atoms with Gasteiger partial charge in [0.1, 0.15) is 0 Å². The van der Waals surface area contributed by atoms with Crippen molar-refractivity contribution in [2.45, 2.75) is 58.9 Å². The van der Waals surface area contributed by atoms with Gasteiger partial charge in [0.25, 0.3) is 5.91 Å². The van der Waals surface area contributed by atoms with Crippen LogP contribution >= 0.6 is 0 Å². The van der Waals surface area contributed by atoms with Crippen molar-refractivity contribution in [1.29, 1.82) is 0 Å². The second-order valence-electron chi connectivity index (χ2n) is 6.97. The standard InChI is InChI=1S/C22H27NO/c1-4-21(19-10-9-15(2)16(3)13-19)23-22(24)20-12-11-17-7-5-6-8-18(17)14-20/h9-14,21H,4-8H2,1-3H3,(H,23,24)/t21-/m1/s1. The van der Waals surface area contributed by atoms with Gasteiger partial charge in [-0.2, -0.15) is 0 Å². The molecule has 1 aliphatic carbocycles. The first kappa shape index (κ1) is 16.8. The zero-order valence-electron chi connectivity index (χ0n) is 15.0. The van der Waals surface area contributed by atoms with E-state index in [1.807, 2.05) is 6.07 Å². The monoisotopic (exact) mass is 321 g/mol. The summed E-state index contributed by atoms with van der Waals surface area (Å²) in [4.78, 5) is 12.7. The second-order valence-corrected chi connectivity index (χ2v) is 6.97. The molecular weight excluding hydrogens is 294 g/mol. The molecule has 0 radical (unpaired) electrons. The fourth-order valence-corrected chi connectivity index (χ4v) is 3.52. The summed E-state index contributed by atoms with van der Waals surface area (Å²) in [5.41, 5.74) is 7.31. The first-order valence-corrected chi connectivity index (χ1v) is 9.08. The third kappa shape index (κ3) is 3.53.